The number of anilines is 1. The number of halogens is 1. The van der Waals surface area contributed by atoms with E-state index in [0.29, 0.717) is 40.4 Å². The SMILES string of the molecule is Cc1ccc(NC(=O)COc2cccc(C3C4=C(CC(C)(C)CC4=O)NC4=C3C(=O)CC(C)(C)C4)c2)cc1Cl. The highest BCUT2D eigenvalue weighted by atomic mass is 35.5. The third-order valence-corrected chi connectivity index (χ3v) is 8.14. The van der Waals surface area contributed by atoms with E-state index in [2.05, 4.69) is 38.3 Å². The number of ether oxygens (including phenoxy) is 1. The number of benzene rings is 2. The number of rotatable bonds is 5. The van der Waals surface area contributed by atoms with Crippen LogP contribution in [0.5, 0.6) is 5.75 Å². The number of hydrogen-bond acceptors (Lipinski definition) is 5. The number of ketones is 2. The summed E-state index contributed by atoms with van der Waals surface area (Å²) in [7, 11) is 0. The minimum Gasteiger partial charge on any atom is -0.484 e. The quantitative estimate of drug-likeness (QED) is 0.439. The van der Waals surface area contributed by atoms with Gasteiger partial charge in [-0.1, -0.05) is 57.5 Å². The second-order valence-electron chi connectivity index (χ2n) is 12.6. The van der Waals surface area contributed by atoms with Crippen molar-refractivity contribution < 1.29 is 19.1 Å². The van der Waals surface area contributed by atoms with Crippen molar-refractivity contribution in [3.05, 3.63) is 81.2 Å². The number of allylic oxidation sites excluding steroid dienone is 4. The van der Waals surface area contributed by atoms with Crippen LogP contribution in [0.1, 0.15) is 70.4 Å². The molecule has 1 aliphatic heterocycles. The van der Waals surface area contributed by atoms with Crippen molar-refractivity contribution >= 4 is 34.8 Å². The zero-order valence-corrected chi connectivity index (χ0v) is 23.9. The van der Waals surface area contributed by atoms with Crippen LogP contribution < -0.4 is 15.4 Å². The van der Waals surface area contributed by atoms with E-state index >= 15 is 0 Å². The highest BCUT2D eigenvalue weighted by Crippen LogP contribution is 2.51. The van der Waals surface area contributed by atoms with Gasteiger partial charge in [-0.15, -0.1) is 0 Å². The summed E-state index contributed by atoms with van der Waals surface area (Å²) in [5, 5.41) is 6.91. The number of nitrogens with one attached hydrogen (secondary N) is 2. The van der Waals surface area contributed by atoms with E-state index in [1.54, 1.807) is 18.2 Å². The molecule has 0 bridgehead atoms. The van der Waals surface area contributed by atoms with E-state index in [1.165, 1.54) is 0 Å². The van der Waals surface area contributed by atoms with Gasteiger partial charge >= 0.3 is 0 Å². The molecule has 2 aromatic carbocycles. The molecule has 1 amide bonds. The maximum atomic E-state index is 13.5. The van der Waals surface area contributed by atoms with Crippen LogP contribution in [0.3, 0.4) is 0 Å². The normalized spacial score (nSPS) is 20.3. The van der Waals surface area contributed by atoms with Gasteiger partial charge in [0.2, 0.25) is 0 Å². The first kappa shape index (κ1) is 27.2. The van der Waals surface area contributed by atoms with E-state index in [9.17, 15) is 14.4 Å². The lowest BCUT2D eigenvalue weighted by molar-refractivity contribution is -0.119. The lowest BCUT2D eigenvalue weighted by Gasteiger charge is -2.44. The van der Waals surface area contributed by atoms with Crippen LogP contribution in [0, 0.1) is 17.8 Å². The van der Waals surface area contributed by atoms with Crippen LogP contribution >= 0.6 is 11.6 Å². The molecule has 1 heterocycles. The number of amides is 1. The predicted octanol–water partition coefficient (Wildman–Crippen LogP) is 6.64. The van der Waals surface area contributed by atoms with E-state index in [1.807, 2.05) is 31.2 Å². The average molecular weight is 547 g/mol. The Morgan fingerprint density at radius 1 is 0.949 bits per heavy atom. The smallest absolute Gasteiger partial charge is 0.262 e. The number of hydrogen-bond donors (Lipinski definition) is 2. The van der Waals surface area contributed by atoms with Crippen LogP contribution in [0.15, 0.2) is 65.0 Å². The maximum Gasteiger partial charge on any atom is 0.262 e. The minimum atomic E-state index is -0.449. The summed E-state index contributed by atoms with van der Waals surface area (Å²) >= 11 is 6.17. The van der Waals surface area contributed by atoms with Crippen molar-refractivity contribution in [1.29, 1.82) is 0 Å². The van der Waals surface area contributed by atoms with Gasteiger partial charge in [0.15, 0.2) is 18.2 Å². The minimum absolute atomic E-state index is 0.0744. The summed E-state index contributed by atoms with van der Waals surface area (Å²) in [6.45, 7) is 10.1. The molecule has 0 saturated carbocycles. The first-order valence-electron chi connectivity index (χ1n) is 13.4. The molecule has 6 nitrogen and oxygen atoms in total. The van der Waals surface area contributed by atoms with Crippen molar-refractivity contribution in [2.45, 2.75) is 66.2 Å². The second kappa shape index (κ2) is 9.98. The molecule has 0 fully saturated rings. The number of carbonyl (C=O) groups is 3. The summed E-state index contributed by atoms with van der Waals surface area (Å²) in [6.07, 6.45) is 2.36. The van der Waals surface area contributed by atoms with E-state index in [-0.39, 0.29) is 34.9 Å². The number of aryl methyl sites for hydroxylation is 1. The first-order valence-corrected chi connectivity index (χ1v) is 13.8. The molecule has 0 spiro atoms. The van der Waals surface area contributed by atoms with E-state index in [0.717, 1.165) is 35.4 Å². The molecular formula is C32H35ClN2O4. The maximum absolute atomic E-state index is 13.5. The fraction of sp³-hybridized carbons (Fsp3) is 0.406. The predicted molar refractivity (Wildman–Crippen MR) is 153 cm³/mol. The number of Topliss-reactive ketones (excluding diaryl/α,β-unsaturated/α-hetero) is 2. The Kier molecular flexibility index (Phi) is 6.96. The zero-order valence-electron chi connectivity index (χ0n) is 23.2. The molecule has 0 aromatic heterocycles. The van der Waals surface area contributed by atoms with Gasteiger partial charge in [-0.25, -0.2) is 0 Å². The number of dihydropyridines is 1. The topological polar surface area (TPSA) is 84.5 Å². The molecule has 39 heavy (non-hydrogen) atoms. The average Bonchev–Trinajstić information content (AvgIpc) is 2.82. The zero-order chi connectivity index (χ0) is 28.1. The molecule has 2 N–H and O–H groups in total. The molecular weight excluding hydrogens is 512 g/mol. The number of carbonyl (C=O) groups excluding carboxylic acids is 3. The summed E-state index contributed by atoms with van der Waals surface area (Å²) in [5.41, 5.74) is 5.26. The van der Waals surface area contributed by atoms with Crippen molar-refractivity contribution in [3.8, 4) is 5.75 Å². The largest absolute Gasteiger partial charge is 0.484 e. The molecule has 0 unspecified atom stereocenters. The van der Waals surface area contributed by atoms with Crippen LogP contribution in [0.25, 0.3) is 0 Å². The highest BCUT2D eigenvalue weighted by Gasteiger charge is 2.46. The van der Waals surface area contributed by atoms with Crippen LogP contribution in [0.2, 0.25) is 5.02 Å². The van der Waals surface area contributed by atoms with Gasteiger partial charge in [0.1, 0.15) is 5.75 Å². The van der Waals surface area contributed by atoms with Gasteiger partial charge in [-0.2, -0.15) is 0 Å². The van der Waals surface area contributed by atoms with Gasteiger partial charge in [-0.3, -0.25) is 14.4 Å². The Labute approximate surface area is 234 Å². The van der Waals surface area contributed by atoms with Crippen LogP contribution in [0.4, 0.5) is 5.69 Å². The molecule has 3 aliphatic rings. The summed E-state index contributed by atoms with van der Waals surface area (Å²) in [5.74, 6) is -0.113. The molecule has 0 saturated heterocycles. The second-order valence-corrected chi connectivity index (χ2v) is 13.0. The Morgan fingerprint density at radius 3 is 2.15 bits per heavy atom. The molecule has 5 rings (SSSR count). The summed E-state index contributed by atoms with van der Waals surface area (Å²) < 4.78 is 5.85. The molecule has 0 radical (unpaired) electrons. The third-order valence-electron chi connectivity index (χ3n) is 7.74. The molecule has 2 aliphatic carbocycles. The van der Waals surface area contributed by atoms with Gasteiger partial charge in [0.05, 0.1) is 0 Å². The molecule has 204 valence electrons. The Balaban J connectivity index is 1.43. The van der Waals surface area contributed by atoms with Crippen LogP contribution in [-0.2, 0) is 14.4 Å². The van der Waals surface area contributed by atoms with Gasteiger partial charge in [0.25, 0.3) is 5.91 Å². The van der Waals surface area contributed by atoms with Crippen molar-refractivity contribution in [2.24, 2.45) is 10.8 Å². The van der Waals surface area contributed by atoms with Crippen LogP contribution in [-0.4, -0.2) is 24.1 Å². The van der Waals surface area contributed by atoms with Crippen molar-refractivity contribution in [2.75, 3.05) is 11.9 Å². The first-order chi connectivity index (χ1) is 18.3. The van der Waals surface area contributed by atoms with Gasteiger partial charge in [0, 0.05) is 52.0 Å². The Morgan fingerprint density at radius 2 is 1.56 bits per heavy atom. The van der Waals surface area contributed by atoms with E-state index < -0.39 is 5.92 Å². The fourth-order valence-corrected chi connectivity index (χ4v) is 6.20. The highest BCUT2D eigenvalue weighted by molar-refractivity contribution is 6.31. The standard InChI is InChI=1S/C32H35ClN2O4/c1-18-9-10-20(12-22(18)33)34-27(38)17-39-21-8-6-7-19(11-21)28-29-23(13-31(2,3)15-25(29)36)35-24-14-32(4,5)16-26(37)30(24)28/h6-12,28,35H,13-17H2,1-5H3,(H,34,38). The molecule has 2 aromatic rings. The van der Waals surface area contributed by atoms with Gasteiger partial charge < -0.3 is 15.4 Å². The Hall–Kier alpha value is -3.38. The lowest BCUT2D eigenvalue weighted by atomic mass is 9.64. The Bertz CT molecular complexity index is 1400. The van der Waals surface area contributed by atoms with Crippen molar-refractivity contribution in [3.63, 3.8) is 0 Å². The third kappa shape index (κ3) is 5.67. The van der Waals surface area contributed by atoms with E-state index in [4.69, 9.17) is 16.3 Å². The summed E-state index contributed by atoms with van der Waals surface area (Å²) in [6, 6.07) is 12.7. The summed E-state index contributed by atoms with van der Waals surface area (Å²) in [4.78, 5) is 39.6. The monoisotopic (exact) mass is 546 g/mol. The lowest BCUT2D eigenvalue weighted by Crippen LogP contribution is -2.42. The van der Waals surface area contributed by atoms with Crippen molar-refractivity contribution in [1.82, 2.24) is 5.32 Å². The fourth-order valence-electron chi connectivity index (χ4n) is 6.02. The molecule has 0 atom stereocenters. The molecule has 7 heteroatoms. The van der Waals surface area contributed by atoms with Gasteiger partial charge in [-0.05, 0) is 66.0 Å².